The summed E-state index contributed by atoms with van der Waals surface area (Å²) in [6, 6.07) is 1.84. The van der Waals surface area contributed by atoms with Gasteiger partial charge >= 0.3 is 0 Å². The van der Waals surface area contributed by atoms with Gasteiger partial charge in [0.2, 0.25) is 5.95 Å². The van der Waals surface area contributed by atoms with Crippen molar-refractivity contribution < 1.29 is 5.11 Å². The first-order valence-electron chi connectivity index (χ1n) is 5.23. The molecule has 0 unspecified atom stereocenters. The minimum atomic E-state index is -0.335. The zero-order valence-electron chi connectivity index (χ0n) is 10.6. The number of hydrogen-bond donors (Lipinski definition) is 1. The van der Waals surface area contributed by atoms with Crippen molar-refractivity contribution in [1.29, 1.82) is 0 Å². The number of aromatic nitrogens is 2. The number of anilines is 2. The molecule has 1 aromatic rings. The van der Waals surface area contributed by atoms with Gasteiger partial charge in [-0.1, -0.05) is 0 Å². The molecule has 1 rings (SSSR count). The van der Waals surface area contributed by atoms with Crippen molar-refractivity contribution in [3.05, 3.63) is 12.3 Å². The van der Waals surface area contributed by atoms with E-state index in [0.717, 1.165) is 5.82 Å². The number of hydrogen-bond acceptors (Lipinski definition) is 5. The van der Waals surface area contributed by atoms with E-state index < -0.39 is 0 Å². The van der Waals surface area contributed by atoms with E-state index in [2.05, 4.69) is 9.97 Å². The Morgan fingerprint density at radius 2 is 1.94 bits per heavy atom. The normalized spacial score (nSPS) is 11.4. The molecule has 0 atom stereocenters. The largest absolute Gasteiger partial charge is 0.394 e. The number of aliphatic hydroxyl groups excluding tert-OH is 1. The Bertz CT molecular complexity index is 352. The molecule has 0 saturated heterocycles. The van der Waals surface area contributed by atoms with Crippen molar-refractivity contribution in [3.63, 3.8) is 0 Å². The molecule has 0 aliphatic carbocycles. The molecule has 1 N–H and O–H groups in total. The minimum Gasteiger partial charge on any atom is -0.394 e. The maximum atomic E-state index is 9.31. The zero-order chi connectivity index (χ0) is 12.3. The van der Waals surface area contributed by atoms with Gasteiger partial charge in [0.05, 0.1) is 12.1 Å². The van der Waals surface area contributed by atoms with Gasteiger partial charge in [0.25, 0.3) is 0 Å². The number of likely N-dealkylation sites (N-methyl/N-ethyl adjacent to an activating group) is 1. The first-order valence-corrected chi connectivity index (χ1v) is 5.23. The van der Waals surface area contributed by atoms with Crippen LogP contribution in [0.25, 0.3) is 0 Å². The summed E-state index contributed by atoms with van der Waals surface area (Å²) in [5, 5.41) is 9.31. The Labute approximate surface area is 96.7 Å². The Morgan fingerprint density at radius 1 is 1.31 bits per heavy atom. The van der Waals surface area contributed by atoms with E-state index in [-0.39, 0.29) is 12.1 Å². The van der Waals surface area contributed by atoms with Gasteiger partial charge in [-0.05, 0) is 19.9 Å². The summed E-state index contributed by atoms with van der Waals surface area (Å²) in [4.78, 5) is 12.4. The van der Waals surface area contributed by atoms with Crippen LogP contribution in [0.4, 0.5) is 11.8 Å². The van der Waals surface area contributed by atoms with Gasteiger partial charge in [0.15, 0.2) is 0 Å². The lowest BCUT2D eigenvalue weighted by atomic mass is 10.1. The van der Waals surface area contributed by atoms with Gasteiger partial charge in [0.1, 0.15) is 5.82 Å². The highest BCUT2D eigenvalue weighted by Crippen LogP contribution is 2.20. The first kappa shape index (κ1) is 12.7. The highest BCUT2D eigenvalue weighted by molar-refractivity contribution is 5.44. The van der Waals surface area contributed by atoms with Gasteiger partial charge in [-0.15, -0.1) is 0 Å². The average molecular weight is 224 g/mol. The van der Waals surface area contributed by atoms with E-state index in [1.165, 1.54) is 0 Å². The van der Waals surface area contributed by atoms with Crippen LogP contribution in [0.3, 0.4) is 0 Å². The molecule has 0 spiro atoms. The molecule has 0 fully saturated rings. The van der Waals surface area contributed by atoms with Crippen LogP contribution >= 0.6 is 0 Å². The van der Waals surface area contributed by atoms with Crippen molar-refractivity contribution >= 4 is 11.8 Å². The Kier molecular flexibility index (Phi) is 3.70. The standard InChI is InChI=1S/C11H20N4O/c1-11(2,8-16)15(5)9-6-7-12-10(13-9)14(3)4/h6-7,16H,8H2,1-5H3. The molecule has 0 aliphatic heterocycles. The lowest BCUT2D eigenvalue weighted by molar-refractivity contribution is 0.215. The Balaban J connectivity index is 3.00. The smallest absolute Gasteiger partial charge is 0.226 e. The summed E-state index contributed by atoms with van der Waals surface area (Å²) in [6.45, 7) is 4.00. The molecule has 90 valence electrons. The predicted molar refractivity (Wildman–Crippen MR) is 65.9 cm³/mol. The summed E-state index contributed by atoms with van der Waals surface area (Å²) in [5.74, 6) is 1.47. The van der Waals surface area contributed by atoms with E-state index in [4.69, 9.17) is 0 Å². The Hall–Kier alpha value is -1.36. The molecule has 16 heavy (non-hydrogen) atoms. The molecule has 5 heteroatoms. The third-order valence-corrected chi connectivity index (χ3v) is 2.67. The average Bonchev–Trinajstić information content (AvgIpc) is 2.28. The molecule has 0 bridgehead atoms. The summed E-state index contributed by atoms with van der Waals surface area (Å²) in [7, 11) is 5.71. The van der Waals surface area contributed by atoms with Crippen LogP contribution in [-0.4, -0.2) is 48.4 Å². The fourth-order valence-electron chi connectivity index (χ4n) is 1.16. The molecule has 0 aromatic carbocycles. The highest BCUT2D eigenvalue weighted by atomic mass is 16.3. The second-order valence-electron chi connectivity index (χ2n) is 4.64. The van der Waals surface area contributed by atoms with Crippen molar-refractivity contribution in [2.24, 2.45) is 0 Å². The SMILES string of the molecule is CN(C)c1nccc(N(C)C(C)(C)CO)n1. The number of nitrogens with zero attached hydrogens (tertiary/aromatic N) is 4. The molecule has 0 radical (unpaired) electrons. The van der Waals surface area contributed by atoms with E-state index in [1.54, 1.807) is 6.20 Å². The topological polar surface area (TPSA) is 52.5 Å². The van der Waals surface area contributed by atoms with Crippen LogP contribution < -0.4 is 9.80 Å². The van der Waals surface area contributed by atoms with E-state index in [1.807, 2.05) is 50.9 Å². The third kappa shape index (κ3) is 2.61. The molecule has 5 nitrogen and oxygen atoms in total. The molecule has 0 amide bonds. The quantitative estimate of drug-likeness (QED) is 0.818. The van der Waals surface area contributed by atoms with Gasteiger partial charge in [-0.2, -0.15) is 4.98 Å². The summed E-state index contributed by atoms with van der Waals surface area (Å²) < 4.78 is 0. The lowest BCUT2D eigenvalue weighted by Crippen LogP contribution is -2.44. The fraction of sp³-hybridized carbons (Fsp3) is 0.636. The van der Waals surface area contributed by atoms with Crippen molar-refractivity contribution in [3.8, 4) is 0 Å². The molecular formula is C11H20N4O. The summed E-state index contributed by atoms with van der Waals surface area (Å²) >= 11 is 0. The molecular weight excluding hydrogens is 204 g/mol. The summed E-state index contributed by atoms with van der Waals surface area (Å²) in [6.07, 6.45) is 1.72. The van der Waals surface area contributed by atoms with Crippen LogP contribution in [0.2, 0.25) is 0 Å². The molecule has 1 heterocycles. The number of rotatable bonds is 4. The predicted octanol–water partition coefficient (Wildman–Crippen LogP) is 0.750. The highest BCUT2D eigenvalue weighted by Gasteiger charge is 2.23. The third-order valence-electron chi connectivity index (χ3n) is 2.67. The molecule has 1 aromatic heterocycles. The maximum absolute atomic E-state index is 9.31. The lowest BCUT2D eigenvalue weighted by Gasteiger charge is -2.35. The molecule has 0 saturated carbocycles. The second kappa shape index (κ2) is 4.65. The minimum absolute atomic E-state index is 0.0742. The van der Waals surface area contributed by atoms with Gasteiger partial charge in [0, 0.05) is 27.3 Å². The van der Waals surface area contributed by atoms with Crippen molar-refractivity contribution in [1.82, 2.24) is 9.97 Å². The van der Waals surface area contributed by atoms with E-state index in [9.17, 15) is 5.11 Å². The van der Waals surface area contributed by atoms with Crippen molar-refractivity contribution in [2.75, 3.05) is 37.5 Å². The monoisotopic (exact) mass is 224 g/mol. The van der Waals surface area contributed by atoms with Crippen LogP contribution in [-0.2, 0) is 0 Å². The van der Waals surface area contributed by atoms with Crippen LogP contribution in [0, 0.1) is 0 Å². The Morgan fingerprint density at radius 3 is 2.44 bits per heavy atom. The number of aliphatic hydroxyl groups is 1. The molecule has 0 aliphatic rings. The van der Waals surface area contributed by atoms with Crippen LogP contribution in [0.15, 0.2) is 12.3 Å². The van der Waals surface area contributed by atoms with Crippen molar-refractivity contribution in [2.45, 2.75) is 19.4 Å². The fourth-order valence-corrected chi connectivity index (χ4v) is 1.16. The first-order chi connectivity index (χ1) is 7.38. The van der Waals surface area contributed by atoms with Crippen LogP contribution in [0.5, 0.6) is 0 Å². The van der Waals surface area contributed by atoms with Gasteiger partial charge < -0.3 is 14.9 Å². The van der Waals surface area contributed by atoms with Gasteiger partial charge in [-0.25, -0.2) is 4.98 Å². The summed E-state index contributed by atoms with van der Waals surface area (Å²) in [5.41, 5.74) is -0.335. The van der Waals surface area contributed by atoms with Crippen LogP contribution in [0.1, 0.15) is 13.8 Å². The zero-order valence-corrected chi connectivity index (χ0v) is 10.6. The van der Waals surface area contributed by atoms with Gasteiger partial charge in [-0.3, -0.25) is 0 Å². The second-order valence-corrected chi connectivity index (χ2v) is 4.64. The maximum Gasteiger partial charge on any atom is 0.226 e. The van der Waals surface area contributed by atoms with E-state index >= 15 is 0 Å². The van der Waals surface area contributed by atoms with E-state index in [0.29, 0.717) is 5.95 Å².